The highest BCUT2D eigenvalue weighted by molar-refractivity contribution is 5.21. The first-order valence-electron chi connectivity index (χ1n) is 5.27. The Labute approximate surface area is 94.8 Å². The number of pyridine rings is 2. The van der Waals surface area contributed by atoms with E-state index in [9.17, 15) is 5.11 Å². The van der Waals surface area contributed by atoms with E-state index < -0.39 is 6.10 Å². The van der Waals surface area contributed by atoms with Crippen LogP contribution in [0.4, 0.5) is 0 Å². The van der Waals surface area contributed by atoms with Gasteiger partial charge in [0.15, 0.2) is 0 Å². The van der Waals surface area contributed by atoms with Crippen molar-refractivity contribution in [2.24, 2.45) is 0 Å². The minimum absolute atomic E-state index is 0.0119. The lowest BCUT2D eigenvalue weighted by Gasteiger charge is -2.18. The summed E-state index contributed by atoms with van der Waals surface area (Å²) in [5, 5.41) is 10.2. The highest BCUT2D eigenvalue weighted by Crippen LogP contribution is 2.29. The molecule has 0 aliphatic carbocycles. The smallest absolute Gasteiger partial charge is 0.0871 e. The molecule has 0 bridgehead atoms. The fourth-order valence-corrected chi connectivity index (χ4v) is 1.67. The second kappa shape index (κ2) is 4.86. The van der Waals surface area contributed by atoms with Crippen molar-refractivity contribution in [3.63, 3.8) is 0 Å². The van der Waals surface area contributed by atoms with Crippen molar-refractivity contribution >= 4 is 0 Å². The third-order valence-electron chi connectivity index (χ3n) is 2.71. The highest BCUT2D eigenvalue weighted by Gasteiger charge is 2.18. The predicted molar refractivity (Wildman–Crippen MR) is 61.8 cm³/mol. The van der Waals surface area contributed by atoms with Crippen LogP contribution in [0, 0.1) is 0 Å². The molecule has 0 spiro atoms. The topological polar surface area (TPSA) is 46.0 Å². The van der Waals surface area contributed by atoms with Crippen molar-refractivity contribution in [2.75, 3.05) is 0 Å². The van der Waals surface area contributed by atoms with Gasteiger partial charge < -0.3 is 5.11 Å². The number of aliphatic hydroxyl groups is 1. The SMILES string of the molecule is C[C@@H](c1cccnc1)[C@@H](O)c1cccnc1. The molecule has 0 saturated heterocycles. The second-order valence-corrected chi connectivity index (χ2v) is 3.81. The average molecular weight is 214 g/mol. The third-order valence-corrected chi connectivity index (χ3v) is 2.71. The minimum Gasteiger partial charge on any atom is -0.388 e. The van der Waals surface area contributed by atoms with Gasteiger partial charge in [0.25, 0.3) is 0 Å². The van der Waals surface area contributed by atoms with Gasteiger partial charge in [-0.25, -0.2) is 0 Å². The van der Waals surface area contributed by atoms with E-state index in [-0.39, 0.29) is 5.92 Å². The van der Waals surface area contributed by atoms with Crippen LogP contribution in [0.2, 0.25) is 0 Å². The molecule has 2 aromatic rings. The Kier molecular flexibility index (Phi) is 3.27. The van der Waals surface area contributed by atoms with Crippen LogP contribution in [0.15, 0.2) is 49.1 Å². The molecule has 0 fully saturated rings. The van der Waals surface area contributed by atoms with Crippen LogP contribution in [-0.4, -0.2) is 15.1 Å². The molecule has 2 atom stereocenters. The Morgan fingerprint density at radius 2 is 1.56 bits per heavy atom. The average Bonchev–Trinajstić information content (AvgIpc) is 2.39. The van der Waals surface area contributed by atoms with E-state index in [0.29, 0.717) is 0 Å². The molecule has 3 nitrogen and oxygen atoms in total. The van der Waals surface area contributed by atoms with Gasteiger partial charge in [0, 0.05) is 30.7 Å². The van der Waals surface area contributed by atoms with Gasteiger partial charge in [-0.1, -0.05) is 19.1 Å². The molecule has 0 amide bonds. The zero-order chi connectivity index (χ0) is 11.4. The first kappa shape index (κ1) is 10.8. The van der Waals surface area contributed by atoms with Gasteiger partial charge in [-0.05, 0) is 23.3 Å². The number of aromatic nitrogens is 2. The van der Waals surface area contributed by atoms with E-state index in [1.165, 1.54) is 0 Å². The van der Waals surface area contributed by atoms with Gasteiger partial charge in [0.2, 0.25) is 0 Å². The summed E-state index contributed by atoms with van der Waals surface area (Å²) in [4.78, 5) is 8.06. The number of aliphatic hydroxyl groups excluding tert-OH is 1. The van der Waals surface area contributed by atoms with Crippen molar-refractivity contribution < 1.29 is 5.11 Å². The zero-order valence-corrected chi connectivity index (χ0v) is 9.12. The Balaban J connectivity index is 2.20. The number of hydrogen-bond acceptors (Lipinski definition) is 3. The van der Waals surface area contributed by atoms with Crippen LogP contribution in [0.1, 0.15) is 30.1 Å². The van der Waals surface area contributed by atoms with Crippen LogP contribution in [-0.2, 0) is 0 Å². The quantitative estimate of drug-likeness (QED) is 0.852. The summed E-state index contributed by atoms with van der Waals surface area (Å²) in [6, 6.07) is 7.55. The van der Waals surface area contributed by atoms with Crippen molar-refractivity contribution in [1.82, 2.24) is 9.97 Å². The normalized spacial score (nSPS) is 14.4. The standard InChI is InChI=1S/C13H14N2O/c1-10(11-4-2-6-14-8-11)13(16)12-5-3-7-15-9-12/h2-10,13,16H,1H3/t10-,13+/m0/s1. The molecule has 0 aromatic carbocycles. The maximum Gasteiger partial charge on any atom is 0.0871 e. The maximum absolute atomic E-state index is 10.2. The third kappa shape index (κ3) is 2.25. The maximum atomic E-state index is 10.2. The Morgan fingerprint density at radius 1 is 1.00 bits per heavy atom. The van der Waals surface area contributed by atoms with Gasteiger partial charge in [-0.15, -0.1) is 0 Å². The lowest BCUT2D eigenvalue weighted by Crippen LogP contribution is -2.08. The molecule has 0 saturated carbocycles. The summed E-state index contributed by atoms with van der Waals surface area (Å²) in [6.45, 7) is 1.98. The van der Waals surface area contributed by atoms with Crippen LogP contribution in [0.25, 0.3) is 0 Å². The number of hydrogen-bond donors (Lipinski definition) is 1. The molecular weight excluding hydrogens is 200 g/mol. The molecule has 0 radical (unpaired) electrons. The van der Waals surface area contributed by atoms with E-state index in [1.807, 2.05) is 31.2 Å². The van der Waals surface area contributed by atoms with Gasteiger partial charge in [0.1, 0.15) is 0 Å². The van der Waals surface area contributed by atoms with Gasteiger partial charge in [-0.3, -0.25) is 9.97 Å². The fourth-order valence-electron chi connectivity index (χ4n) is 1.67. The predicted octanol–water partition coefficient (Wildman–Crippen LogP) is 2.31. The summed E-state index contributed by atoms with van der Waals surface area (Å²) in [7, 11) is 0. The largest absolute Gasteiger partial charge is 0.388 e. The molecular formula is C13H14N2O. The molecule has 0 aliphatic heterocycles. The summed E-state index contributed by atoms with van der Waals surface area (Å²) in [5.74, 6) is 0.0119. The van der Waals surface area contributed by atoms with E-state index in [0.717, 1.165) is 11.1 Å². The lowest BCUT2D eigenvalue weighted by atomic mass is 9.93. The molecule has 16 heavy (non-hydrogen) atoms. The van der Waals surface area contributed by atoms with Crippen molar-refractivity contribution in [2.45, 2.75) is 18.9 Å². The van der Waals surface area contributed by atoms with Crippen molar-refractivity contribution in [3.8, 4) is 0 Å². The molecule has 2 rings (SSSR count). The van der Waals surface area contributed by atoms with E-state index >= 15 is 0 Å². The molecule has 2 heterocycles. The van der Waals surface area contributed by atoms with E-state index in [2.05, 4.69) is 9.97 Å². The summed E-state index contributed by atoms with van der Waals surface area (Å²) in [6.07, 6.45) is 6.36. The highest BCUT2D eigenvalue weighted by atomic mass is 16.3. The molecule has 2 aromatic heterocycles. The van der Waals surface area contributed by atoms with Gasteiger partial charge in [-0.2, -0.15) is 0 Å². The van der Waals surface area contributed by atoms with Crippen LogP contribution < -0.4 is 0 Å². The Bertz CT molecular complexity index is 387. The Morgan fingerprint density at radius 3 is 2.06 bits per heavy atom. The first-order chi connectivity index (χ1) is 7.79. The van der Waals surface area contributed by atoms with Crippen molar-refractivity contribution in [3.05, 3.63) is 60.2 Å². The summed E-state index contributed by atoms with van der Waals surface area (Å²) >= 11 is 0. The van der Waals surface area contributed by atoms with Crippen LogP contribution in [0.5, 0.6) is 0 Å². The fraction of sp³-hybridized carbons (Fsp3) is 0.231. The van der Waals surface area contributed by atoms with Crippen LogP contribution in [0.3, 0.4) is 0 Å². The molecule has 82 valence electrons. The Hall–Kier alpha value is -1.74. The van der Waals surface area contributed by atoms with Crippen molar-refractivity contribution in [1.29, 1.82) is 0 Å². The monoisotopic (exact) mass is 214 g/mol. The minimum atomic E-state index is -0.544. The summed E-state index contributed by atoms with van der Waals surface area (Å²) in [5.41, 5.74) is 1.86. The van der Waals surface area contributed by atoms with Gasteiger partial charge in [0.05, 0.1) is 6.10 Å². The first-order valence-corrected chi connectivity index (χ1v) is 5.27. The number of rotatable bonds is 3. The molecule has 3 heteroatoms. The molecule has 1 N–H and O–H groups in total. The van der Waals surface area contributed by atoms with Gasteiger partial charge >= 0.3 is 0 Å². The van der Waals surface area contributed by atoms with E-state index in [4.69, 9.17) is 0 Å². The molecule has 0 aliphatic rings. The zero-order valence-electron chi connectivity index (χ0n) is 9.12. The van der Waals surface area contributed by atoms with Crippen LogP contribution >= 0.6 is 0 Å². The number of nitrogens with zero attached hydrogens (tertiary/aromatic N) is 2. The lowest BCUT2D eigenvalue weighted by molar-refractivity contribution is 0.151. The molecule has 0 unspecified atom stereocenters. The summed E-state index contributed by atoms with van der Waals surface area (Å²) < 4.78 is 0. The van der Waals surface area contributed by atoms with E-state index in [1.54, 1.807) is 24.8 Å². The second-order valence-electron chi connectivity index (χ2n) is 3.81.